The van der Waals surface area contributed by atoms with Crippen molar-refractivity contribution in [3.63, 3.8) is 0 Å². The van der Waals surface area contributed by atoms with Crippen molar-refractivity contribution in [1.29, 1.82) is 0 Å². The average molecular weight is 275 g/mol. The van der Waals surface area contributed by atoms with Crippen LogP contribution in [0.4, 0.5) is 0 Å². The minimum absolute atomic E-state index is 0.0540. The van der Waals surface area contributed by atoms with E-state index in [-0.39, 0.29) is 17.2 Å². The molecule has 6 heteroatoms. The number of amides is 1. The van der Waals surface area contributed by atoms with Crippen molar-refractivity contribution in [3.05, 3.63) is 23.8 Å². The lowest BCUT2D eigenvalue weighted by Crippen LogP contribution is -2.40. The van der Waals surface area contributed by atoms with E-state index in [2.05, 4.69) is 9.97 Å². The number of aryl methyl sites for hydroxylation is 1. The highest BCUT2D eigenvalue weighted by atomic mass is 16.4. The number of rotatable bonds is 2. The number of hydrogen-bond acceptors (Lipinski definition) is 4. The van der Waals surface area contributed by atoms with Gasteiger partial charge in [0.05, 0.1) is 17.8 Å². The highest BCUT2D eigenvalue weighted by Gasteiger charge is 2.59. The minimum atomic E-state index is -0.700. The molecule has 1 aliphatic carbocycles. The van der Waals surface area contributed by atoms with E-state index in [1.807, 2.05) is 6.92 Å². The van der Waals surface area contributed by atoms with Crippen LogP contribution in [-0.4, -0.2) is 44.9 Å². The van der Waals surface area contributed by atoms with Crippen LogP contribution in [0.15, 0.2) is 12.4 Å². The van der Waals surface area contributed by atoms with Crippen molar-refractivity contribution >= 4 is 11.9 Å². The van der Waals surface area contributed by atoms with Gasteiger partial charge in [-0.2, -0.15) is 0 Å². The van der Waals surface area contributed by atoms with Gasteiger partial charge in [-0.25, -0.2) is 4.98 Å². The average Bonchev–Trinajstić information content (AvgIpc) is 3.14. The van der Waals surface area contributed by atoms with Crippen molar-refractivity contribution in [2.45, 2.75) is 26.2 Å². The maximum Gasteiger partial charge on any atom is 0.307 e. The fourth-order valence-corrected chi connectivity index (χ4v) is 3.07. The molecule has 1 aromatic rings. The summed E-state index contributed by atoms with van der Waals surface area (Å²) in [5.41, 5.74) is 1.08. The summed E-state index contributed by atoms with van der Waals surface area (Å²) in [6.45, 7) is 3.04. The van der Waals surface area contributed by atoms with E-state index < -0.39 is 5.97 Å². The number of likely N-dealkylation sites (tertiary alicyclic amines) is 1. The van der Waals surface area contributed by atoms with Crippen LogP contribution in [0, 0.1) is 18.3 Å². The predicted molar refractivity (Wildman–Crippen MR) is 70.1 cm³/mol. The first kappa shape index (κ1) is 13.0. The molecule has 1 atom stereocenters. The van der Waals surface area contributed by atoms with Gasteiger partial charge in [0, 0.05) is 19.3 Å². The molecule has 106 valence electrons. The SMILES string of the molecule is Cc1cnc(C(=O)N2CCC3(CC2)CC3C(=O)O)cn1. The summed E-state index contributed by atoms with van der Waals surface area (Å²) >= 11 is 0. The summed E-state index contributed by atoms with van der Waals surface area (Å²) in [5, 5.41) is 9.05. The maximum absolute atomic E-state index is 12.3. The zero-order valence-electron chi connectivity index (χ0n) is 11.4. The number of hydrogen-bond donors (Lipinski definition) is 1. The zero-order valence-corrected chi connectivity index (χ0v) is 11.4. The molecule has 0 radical (unpaired) electrons. The smallest absolute Gasteiger partial charge is 0.307 e. The Morgan fingerprint density at radius 2 is 2.00 bits per heavy atom. The minimum Gasteiger partial charge on any atom is -0.481 e. The van der Waals surface area contributed by atoms with Crippen molar-refractivity contribution in [1.82, 2.24) is 14.9 Å². The molecule has 1 aromatic heterocycles. The first-order valence-corrected chi connectivity index (χ1v) is 6.83. The summed E-state index contributed by atoms with van der Waals surface area (Å²) in [4.78, 5) is 33.2. The zero-order chi connectivity index (χ0) is 14.3. The third-order valence-corrected chi connectivity index (χ3v) is 4.53. The summed E-state index contributed by atoms with van der Waals surface area (Å²) < 4.78 is 0. The van der Waals surface area contributed by atoms with Crippen LogP contribution < -0.4 is 0 Å². The molecular weight excluding hydrogens is 258 g/mol. The number of nitrogens with zero attached hydrogens (tertiary/aromatic N) is 3. The maximum atomic E-state index is 12.3. The molecule has 2 aliphatic rings. The Balaban J connectivity index is 1.63. The summed E-state index contributed by atoms with van der Waals surface area (Å²) in [7, 11) is 0. The second-order valence-corrected chi connectivity index (χ2v) is 5.79. The van der Waals surface area contributed by atoms with Crippen LogP contribution in [0.25, 0.3) is 0 Å². The quantitative estimate of drug-likeness (QED) is 0.874. The van der Waals surface area contributed by atoms with Gasteiger partial charge in [-0.05, 0) is 31.6 Å². The molecule has 0 aromatic carbocycles. The highest BCUT2D eigenvalue weighted by molar-refractivity contribution is 5.92. The summed E-state index contributed by atoms with van der Waals surface area (Å²) in [5.74, 6) is -1.02. The van der Waals surface area contributed by atoms with Crippen molar-refractivity contribution in [2.24, 2.45) is 11.3 Å². The Hall–Kier alpha value is -1.98. The van der Waals surface area contributed by atoms with Gasteiger partial charge < -0.3 is 10.0 Å². The van der Waals surface area contributed by atoms with E-state index in [9.17, 15) is 9.59 Å². The predicted octanol–water partition coefficient (Wildman–Crippen LogP) is 1.11. The molecule has 6 nitrogen and oxygen atoms in total. The first-order chi connectivity index (χ1) is 9.52. The van der Waals surface area contributed by atoms with E-state index in [0.29, 0.717) is 18.8 Å². The van der Waals surface area contributed by atoms with E-state index in [1.54, 1.807) is 11.1 Å². The van der Waals surface area contributed by atoms with Crippen LogP contribution >= 0.6 is 0 Å². The molecule has 1 unspecified atom stereocenters. The van der Waals surface area contributed by atoms with Crippen LogP contribution in [0.3, 0.4) is 0 Å². The molecule has 1 N–H and O–H groups in total. The Kier molecular flexibility index (Phi) is 2.96. The normalized spacial score (nSPS) is 23.6. The molecule has 1 saturated heterocycles. The monoisotopic (exact) mass is 275 g/mol. The van der Waals surface area contributed by atoms with E-state index >= 15 is 0 Å². The third-order valence-electron chi connectivity index (χ3n) is 4.53. The van der Waals surface area contributed by atoms with Crippen LogP contribution in [0.5, 0.6) is 0 Å². The molecular formula is C14H17N3O3. The molecule has 3 rings (SSSR count). The highest BCUT2D eigenvalue weighted by Crippen LogP contribution is 2.59. The Bertz CT molecular complexity index is 547. The third kappa shape index (κ3) is 2.15. The van der Waals surface area contributed by atoms with Gasteiger partial charge in [0.1, 0.15) is 5.69 Å². The van der Waals surface area contributed by atoms with Gasteiger partial charge in [0.2, 0.25) is 0 Å². The number of carbonyl (C=O) groups is 2. The molecule has 2 heterocycles. The van der Waals surface area contributed by atoms with Gasteiger partial charge in [-0.1, -0.05) is 0 Å². The van der Waals surface area contributed by atoms with Gasteiger partial charge in [-0.3, -0.25) is 14.6 Å². The second-order valence-electron chi connectivity index (χ2n) is 5.79. The van der Waals surface area contributed by atoms with E-state index in [1.165, 1.54) is 6.20 Å². The Morgan fingerprint density at radius 1 is 1.30 bits per heavy atom. The van der Waals surface area contributed by atoms with Crippen LogP contribution in [0.1, 0.15) is 35.4 Å². The number of carboxylic acid groups (broad SMARTS) is 1. The Labute approximate surface area is 116 Å². The summed E-state index contributed by atoms with van der Waals surface area (Å²) in [6.07, 6.45) is 5.39. The lowest BCUT2D eigenvalue weighted by Gasteiger charge is -2.32. The number of piperidine rings is 1. The lowest BCUT2D eigenvalue weighted by atomic mass is 9.90. The number of aliphatic carboxylic acids is 1. The van der Waals surface area contributed by atoms with Crippen LogP contribution in [0.2, 0.25) is 0 Å². The lowest BCUT2D eigenvalue weighted by molar-refractivity contribution is -0.139. The summed E-state index contributed by atoms with van der Waals surface area (Å²) in [6, 6.07) is 0. The largest absolute Gasteiger partial charge is 0.481 e. The van der Waals surface area contributed by atoms with E-state index in [4.69, 9.17) is 5.11 Å². The number of carbonyl (C=O) groups excluding carboxylic acids is 1. The first-order valence-electron chi connectivity index (χ1n) is 6.83. The van der Waals surface area contributed by atoms with Crippen molar-refractivity contribution in [3.8, 4) is 0 Å². The molecule has 0 bridgehead atoms. The molecule has 1 amide bonds. The number of carboxylic acids is 1. The molecule has 1 aliphatic heterocycles. The standard InChI is InChI=1S/C14H17N3O3/c1-9-7-16-11(8-15-9)12(18)17-4-2-14(3-5-17)6-10(14)13(19)20/h7-8,10H,2-6H2,1H3,(H,19,20). The van der Waals surface area contributed by atoms with Gasteiger partial charge in [0.15, 0.2) is 0 Å². The van der Waals surface area contributed by atoms with Gasteiger partial charge in [0.25, 0.3) is 5.91 Å². The Morgan fingerprint density at radius 3 is 2.50 bits per heavy atom. The fourth-order valence-electron chi connectivity index (χ4n) is 3.07. The van der Waals surface area contributed by atoms with E-state index in [0.717, 1.165) is 25.0 Å². The fraction of sp³-hybridized carbons (Fsp3) is 0.571. The molecule has 2 fully saturated rings. The molecule has 1 saturated carbocycles. The van der Waals surface area contributed by atoms with Gasteiger partial charge in [-0.15, -0.1) is 0 Å². The van der Waals surface area contributed by atoms with Gasteiger partial charge >= 0.3 is 5.97 Å². The number of aromatic nitrogens is 2. The van der Waals surface area contributed by atoms with Crippen molar-refractivity contribution in [2.75, 3.05) is 13.1 Å². The molecule has 20 heavy (non-hydrogen) atoms. The van der Waals surface area contributed by atoms with Crippen molar-refractivity contribution < 1.29 is 14.7 Å². The molecule has 1 spiro atoms. The van der Waals surface area contributed by atoms with Crippen LogP contribution in [-0.2, 0) is 4.79 Å². The topological polar surface area (TPSA) is 83.4 Å². The second kappa shape index (κ2) is 4.54.